The summed E-state index contributed by atoms with van der Waals surface area (Å²) in [5.74, 6) is 0.322. The number of phenolic OH excluding ortho intramolecular Hbond substituents is 1. The van der Waals surface area contributed by atoms with Crippen LogP contribution >= 0.6 is 0 Å². The average Bonchev–Trinajstić information content (AvgIpc) is 2.95. The second-order valence-corrected chi connectivity index (χ2v) is 9.57. The van der Waals surface area contributed by atoms with Gasteiger partial charge in [-0.2, -0.15) is 0 Å². The molecule has 1 heteroatoms. The van der Waals surface area contributed by atoms with Gasteiger partial charge in [-0.05, 0) is 113 Å². The van der Waals surface area contributed by atoms with E-state index >= 15 is 0 Å². The second kappa shape index (κ2) is 8.65. The van der Waals surface area contributed by atoms with Crippen LogP contribution in [0.2, 0.25) is 0 Å². The first-order chi connectivity index (χ1) is 18.2. The van der Waals surface area contributed by atoms with Crippen LogP contribution in [-0.2, 0) is 0 Å². The summed E-state index contributed by atoms with van der Waals surface area (Å²) >= 11 is 0. The largest absolute Gasteiger partial charge is 0.508 e. The van der Waals surface area contributed by atoms with Crippen LogP contribution in [0.5, 0.6) is 5.75 Å². The molecule has 1 nitrogen and oxygen atoms in total. The Labute approximate surface area is 214 Å². The molecule has 0 spiro atoms. The van der Waals surface area contributed by atoms with Crippen LogP contribution in [0.25, 0.3) is 64.6 Å². The van der Waals surface area contributed by atoms with Gasteiger partial charge >= 0.3 is 0 Å². The van der Waals surface area contributed by atoms with E-state index < -0.39 is 0 Å². The number of aromatic hydroxyl groups is 1. The highest BCUT2D eigenvalue weighted by atomic mass is 16.3. The standard InChI is InChI=1S/C30H18.C6H6O/c1-2-8-20-14-26-25(13-19(20)7-1)27-15-21-9-3-4-11-23(21)17-29(27)30-18-24-12-6-5-10-22(24)16-28(26)30;7-6-4-2-1-3-5-6/h1-18H;1-5,7H. The van der Waals surface area contributed by atoms with Gasteiger partial charge in [-0.1, -0.05) is 91.0 Å². The predicted octanol–water partition coefficient (Wildman–Crippen LogP) is 10.00. The van der Waals surface area contributed by atoms with E-state index in [-0.39, 0.29) is 0 Å². The highest BCUT2D eigenvalue weighted by Crippen LogP contribution is 2.40. The molecular formula is C36H24O. The third-order valence-electron chi connectivity index (χ3n) is 7.28. The van der Waals surface area contributed by atoms with E-state index in [2.05, 4.69) is 109 Å². The number of phenols is 1. The van der Waals surface area contributed by atoms with Gasteiger partial charge in [0.05, 0.1) is 0 Å². The molecule has 0 heterocycles. The number of hydrogen-bond donors (Lipinski definition) is 1. The molecular weight excluding hydrogens is 448 g/mol. The van der Waals surface area contributed by atoms with Gasteiger partial charge in [0, 0.05) is 0 Å². The highest BCUT2D eigenvalue weighted by Gasteiger charge is 2.12. The van der Waals surface area contributed by atoms with Crippen LogP contribution in [0.15, 0.2) is 140 Å². The Balaban J connectivity index is 0.000000289. The first-order valence-corrected chi connectivity index (χ1v) is 12.6. The lowest BCUT2D eigenvalue weighted by Gasteiger charge is -2.14. The number of para-hydroxylation sites is 1. The molecule has 37 heavy (non-hydrogen) atoms. The van der Waals surface area contributed by atoms with E-state index in [4.69, 9.17) is 5.11 Å². The first kappa shape index (κ1) is 21.4. The molecule has 0 fully saturated rings. The molecule has 0 aliphatic heterocycles. The zero-order valence-corrected chi connectivity index (χ0v) is 20.2. The van der Waals surface area contributed by atoms with Crippen LogP contribution in [0.1, 0.15) is 0 Å². The molecule has 8 aromatic rings. The molecule has 0 aliphatic rings. The predicted molar refractivity (Wildman–Crippen MR) is 160 cm³/mol. The summed E-state index contributed by atoms with van der Waals surface area (Å²) < 4.78 is 0. The van der Waals surface area contributed by atoms with Crippen molar-refractivity contribution in [2.45, 2.75) is 0 Å². The van der Waals surface area contributed by atoms with Crippen molar-refractivity contribution in [3.8, 4) is 5.75 Å². The normalized spacial score (nSPS) is 11.4. The molecule has 0 radical (unpaired) electrons. The molecule has 8 aromatic carbocycles. The third-order valence-corrected chi connectivity index (χ3v) is 7.28. The van der Waals surface area contributed by atoms with Crippen molar-refractivity contribution in [1.82, 2.24) is 0 Å². The van der Waals surface area contributed by atoms with Gasteiger partial charge in [-0.15, -0.1) is 0 Å². The molecule has 0 saturated heterocycles. The van der Waals surface area contributed by atoms with Crippen LogP contribution in [0.3, 0.4) is 0 Å². The van der Waals surface area contributed by atoms with Gasteiger partial charge in [0.15, 0.2) is 0 Å². The average molecular weight is 473 g/mol. The van der Waals surface area contributed by atoms with Crippen LogP contribution in [0.4, 0.5) is 0 Å². The van der Waals surface area contributed by atoms with Crippen LogP contribution in [0, 0.1) is 0 Å². The van der Waals surface area contributed by atoms with Gasteiger partial charge in [0.1, 0.15) is 5.75 Å². The van der Waals surface area contributed by atoms with Crippen molar-refractivity contribution in [3.05, 3.63) is 140 Å². The third kappa shape index (κ3) is 3.73. The molecule has 0 unspecified atom stereocenters. The molecule has 0 bridgehead atoms. The summed E-state index contributed by atoms with van der Waals surface area (Å²) in [5.41, 5.74) is 0. The lowest BCUT2D eigenvalue weighted by molar-refractivity contribution is 0.475. The first-order valence-electron chi connectivity index (χ1n) is 12.6. The molecule has 8 rings (SSSR count). The smallest absolute Gasteiger partial charge is 0.115 e. The number of hydrogen-bond acceptors (Lipinski definition) is 1. The van der Waals surface area contributed by atoms with Crippen molar-refractivity contribution in [2.24, 2.45) is 0 Å². The fourth-order valence-electron chi connectivity index (χ4n) is 5.49. The Morgan fingerprint density at radius 3 is 0.676 bits per heavy atom. The van der Waals surface area contributed by atoms with Gasteiger partial charge < -0.3 is 5.11 Å². The number of rotatable bonds is 0. The van der Waals surface area contributed by atoms with Gasteiger partial charge in [0.2, 0.25) is 0 Å². The van der Waals surface area contributed by atoms with E-state index in [1.54, 1.807) is 24.3 Å². The van der Waals surface area contributed by atoms with Crippen molar-refractivity contribution in [2.75, 3.05) is 0 Å². The molecule has 0 aromatic heterocycles. The summed E-state index contributed by atoms with van der Waals surface area (Å²) in [7, 11) is 0. The Hall–Kier alpha value is -4.88. The highest BCUT2D eigenvalue weighted by molar-refractivity contribution is 6.30. The Morgan fingerprint density at radius 2 is 0.486 bits per heavy atom. The zero-order chi connectivity index (χ0) is 24.8. The topological polar surface area (TPSA) is 20.2 Å². The Kier molecular flexibility index (Phi) is 5.01. The van der Waals surface area contributed by atoms with Gasteiger partial charge in [0.25, 0.3) is 0 Å². The van der Waals surface area contributed by atoms with E-state index in [9.17, 15) is 0 Å². The van der Waals surface area contributed by atoms with Crippen LogP contribution in [-0.4, -0.2) is 5.11 Å². The minimum absolute atomic E-state index is 0.322. The SMILES string of the molecule is Oc1ccccc1.c1ccc2cc3c(cc2c1)c1cc2ccccc2cc1c1cc2ccccc2cc31. The van der Waals surface area contributed by atoms with Crippen molar-refractivity contribution >= 4 is 64.6 Å². The fraction of sp³-hybridized carbons (Fsp3) is 0. The molecule has 0 amide bonds. The second-order valence-electron chi connectivity index (χ2n) is 9.57. The van der Waals surface area contributed by atoms with E-state index in [1.807, 2.05) is 6.07 Å². The molecule has 0 saturated carbocycles. The summed E-state index contributed by atoms with van der Waals surface area (Å²) in [6.07, 6.45) is 0. The zero-order valence-electron chi connectivity index (χ0n) is 20.2. The van der Waals surface area contributed by atoms with E-state index in [0.29, 0.717) is 5.75 Å². The maximum absolute atomic E-state index is 8.63. The molecule has 1 N–H and O–H groups in total. The van der Waals surface area contributed by atoms with E-state index in [0.717, 1.165) is 0 Å². The molecule has 0 aliphatic carbocycles. The van der Waals surface area contributed by atoms with E-state index in [1.165, 1.54) is 64.6 Å². The maximum Gasteiger partial charge on any atom is 0.115 e. The van der Waals surface area contributed by atoms with Gasteiger partial charge in [-0.3, -0.25) is 0 Å². The minimum atomic E-state index is 0.322. The Morgan fingerprint density at radius 1 is 0.270 bits per heavy atom. The Bertz CT molecular complexity index is 1720. The lowest BCUT2D eigenvalue weighted by Crippen LogP contribution is -1.86. The summed E-state index contributed by atoms with van der Waals surface area (Å²) in [4.78, 5) is 0. The van der Waals surface area contributed by atoms with Crippen molar-refractivity contribution < 1.29 is 5.11 Å². The number of benzene rings is 8. The molecule has 174 valence electrons. The summed E-state index contributed by atoms with van der Waals surface area (Å²) in [5, 5.41) is 24.4. The lowest BCUT2D eigenvalue weighted by atomic mass is 9.89. The van der Waals surface area contributed by atoms with Gasteiger partial charge in [-0.25, -0.2) is 0 Å². The van der Waals surface area contributed by atoms with Crippen molar-refractivity contribution in [1.29, 1.82) is 0 Å². The van der Waals surface area contributed by atoms with Crippen LogP contribution < -0.4 is 0 Å². The monoisotopic (exact) mass is 472 g/mol. The quantitative estimate of drug-likeness (QED) is 0.172. The summed E-state index contributed by atoms with van der Waals surface area (Å²) in [6.45, 7) is 0. The maximum atomic E-state index is 8.63. The number of fused-ring (bicyclic) bond motifs is 9. The fourth-order valence-corrected chi connectivity index (χ4v) is 5.49. The summed E-state index contributed by atoms with van der Waals surface area (Å²) in [6, 6.07) is 49.0. The minimum Gasteiger partial charge on any atom is -0.508 e. The molecule has 0 atom stereocenters. The van der Waals surface area contributed by atoms with Crippen molar-refractivity contribution in [3.63, 3.8) is 0 Å².